The van der Waals surface area contributed by atoms with E-state index in [1.54, 1.807) is 24.3 Å². The highest BCUT2D eigenvalue weighted by molar-refractivity contribution is 7.79. The van der Waals surface area contributed by atoms with Crippen LogP contribution in [0.2, 0.25) is 0 Å². The number of aliphatic hydroxyl groups is 4. The van der Waals surface area contributed by atoms with Crippen molar-refractivity contribution in [1.29, 1.82) is 0 Å². The standard InChI is InChI=1S/C13H17NO6S/c15-6-9-10(16)11(17)12(18)13(19-9)20-14(7-21)8-4-2-1-3-5-8/h1-5,7,9-13,15-18H,6H2/t9-,10-,11+,12-,13?/m1/s1. The fourth-order valence-electron chi connectivity index (χ4n) is 1.99. The van der Waals surface area contributed by atoms with Crippen LogP contribution in [0.3, 0.4) is 0 Å². The molecule has 21 heavy (non-hydrogen) atoms. The zero-order valence-corrected chi connectivity index (χ0v) is 11.8. The molecule has 0 saturated carbocycles. The fraction of sp³-hybridized carbons (Fsp3) is 0.462. The molecule has 0 aliphatic carbocycles. The second-order valence-corrected chi connectivity index (χ2v) is 4.78. The topological polar surface area (TPSA) is 103 Å². The highest BCUT2D eigenvalue weighted by Crippen LogP contribution is 2.24. The molecule has 0 amide bonds. The summed E-state index contributed by atoms with van der Waals surface area (Å²) < 4.78 is 5.24. The first-order chi connectivity index (χ1) is 10.1. The molecule has 0 radical (unpaired) electrons. The van der Waals surface area contributed by atoms with Crippen LogP contribution < -0.4 is 5.06 Å². The first kappa shape index (κ1) is 16.2. The summed E-state index contributed by atoms with van der Waals surface area (Å²) in [5.41, 5.74) is 1.81. The van der Waals surface area contributed by atoms with Crippen LogP contribution in [-0.4, -0.2) is 63.2 Å². The van der Waals surface area contributed by atoms with Gasteiger partial charge in [0, 0.05) is 0 Å². The highest BCUT2D eigenvalue weighted by Gasteiger charge is 2.45. The third kappa shape index (κ3) is 3.55. The number of rotatable bonds is 5. The Hall–Kier alpha value is -1.13. The SMILES string of the molecule is OC[C@H]1OC(ON(C=S)c2ccccc2)[C@H](O)[C@@H](O)[C@@H]1O. The van der Waals surface area contributed by atoms with E-state index < -0.39 is 37.3 Å². The van der Waals surface area contributed by atoms with E-state index in [-0.39, 0.29) is 0 Å². The summed E-state index contributed by atoms with van der Waals surface area (Å²) in [5, 5.41) is 39.6. The Kier molecular flexibility index (Phi) is 5.59. The molecule has 0 spiro atoms. The normalized spacial score (nSPS) is 32.7. The van der Waals surface area contributed by atoms with Crippen molar-refractivity contribution in [3.8, 4) is 0 Å². The molecule has 1 aromatic carbocycles. The molecular formula is C13H17NO6S. The minimum atomic E-state index is -1.50. The molecule has 1 saturated heterocycles. The predicted molar refractivity (Wildman–Crippen MR) is 77.4 cm³/mol. The molecule has 0 bridgehead atoms. The van der Waals surface area contributed by atoms with Gasteiger partial charge in [-0.05, 0) is 12.1 Å². The van der Waals surface area contributed by atoms with Gasteiger partial charge in [-0.2, -0.15) is 0 Å². The Balaban J connectivity index is 2.11. The minimum Gasteiger partial charge on any atom is -0.394 e. The lowest BCUT2D eigenvalue weighted by molar-refractivity contribution is -0.300. The maximum atomic E-state index is 9.90. The van der Waals surface area contributed by atoms with Crippen molar-refractivity contribution in [2.24, 2.45) is 0 Å². The van der Waals surface area contributed by atoms with Gasteiger partial charge in [0.15, 0.2) is 0 Å². The van der Waals surface area contributed by atoms with E-state index in [2.05, 4.69) is 0 Å². The van der Waals surface area contributed by atoms with Crippen molar-refractivity contribution in [2.45, 2.75) is 30.7 Å². The number of anilines is 1. The van der Waals surface area contributed by atoms with Gasteiger partial charge in [0.25, 0.3) is 0 Å². The van der Waals surface area contributed by atoms with Crippen LogP contribution in [0.5, 0.6) is 0 Å². The zero-order valence-electron chi connectivity index (χ0n) is 11.0. The van der Waals surface area contributed by atoms with Crippen molar-refractivity contribution in [3.05, 3.63) is 30.3 Å². The van der Waals surface area contributed by atoms with Crippen LogP contribution in [0.25, 0.3) is 0 Å². The van der Waals surface area contributed by atoms with Gasteiger partial charge in [-0.1, -0.05) is 30.4 Å². The molecule has 1 aliphatic rings. The van der Waals surface area contributed by atoms with E-state index in [1.807, 2.05) is 6.07 Å². The molecule has 0 aromatic heterocycles. The third-order valence-corrected chi connectivity index (χ3v) is 3.36. The minimum absolute atomic E-state index is 0.520. The van der Waals surface area contributed by atoms with Gasteiger partial charge in [0.2, 0.25) is 6.29 Å². The maximum Gasteiger partial charge on any atom is 0.213 e. The van der Waals surface area contributed by atoms with Gasteiger partial charge in [-0.15, -0.1) is 0 Å². The van der Waals surface area contributed by atoms with E-state index in [0.717, 1.165) is 0 Å². The Morgan fingerprint density at radius 2 is 1.81 bits per heavy atom. The molecule has 116 valence electrons. The number of ether oxygens (including phenoxy) is 1. The molecule has 4 N–H and O–H groups in total. The summed E-state index contributed by atoms with van der Waals surface area (Å²) in [4.78, 5) is 5.41. The highest BCUT2D eigenvalue weighted by atomic mass is 32.1. The summed E-state index contributed by atoms with van der Waals surface area (Å²) in [6, 6.07) is 8.83. The van der Waals surface area contributed by atoms with Gasteiger partial charge < -0.3 is 25.2 Å². The largest absolute Gasteiger partial charge is 0.394 e. The van der Waals surface area contributed by atoms with Crippen LogP contribution in [0.1, 0.15) is 0 Å². The number of hydrogen-bond donors (Lipinski definition) is 4. The number of nitrogens with zero attached hydrogens (tertiary/aromatic N) is 1. The van der Waals surface area contributed by atoms with Gasteiger partial charge in [-0.3, -0.25) is 0 Å². The second-order valence-electron chi connectivity index (χ2n) is 4.57. The first-order valence-electron chi connectivity index (χ1n) is 6.35. The molecule has 1 aliphatic heterocycles. The second kappa shape index (κ2) is 7.23. The van der Waals surface area contributed by atoms with Crippen molar-refractivity contribution < 1.29 is 30.0 Å². The Labute approximate surface area is 126 Å². The van der Waals surface area contributed by atoms with Gasteiger partial charge in [0.1, 0.15) is 24.4 Å². The van der Waals surface area contributed by atoms with Gasteiger partial charge in [0.05, 0.1) is 17.8 Å². The van der Waals surface area contributed by atoms with E-state index >= 15 is 0 Å². The summed E-state index contributed by atoms with van der Waals surface area (Å²) in [7, 11) is 0. The number of benzene rings is 1. The van der Waals surface area contributed by atoms with Crippen LogP contribution in [0.4, 0.5) is 5.69 Å². The number of hydroxylamine groups is 1. The quantitative estimate of drug-likeness (QED) is 0.413. The average Bonchev–Trinajstić information content (AvgIpc) is 2.53. The monoisotopic (exact) mass is 315 g/mol. The van der Waals surface area contributed by atoms with Gasteiger partial charge >= 0.3 is 0 Å². The third-order valence-electron chi connectivity index (χ3n) is 3.17. The summed E-state index contributed by atoms with van der Waals surface area (Å²) in [5.74, 6) is 0. The number of aliphatic hydroxyl groups excluding tert-OH is 4. The lowest BCUT2D eigenvalue weighted by atomic mass is 9.99. The summed E-state index contributed by atoms with van der Waals surface area (Å²) in [6.07, 6.45) is -6.72. The summed E-state index contributed by atoms with van der Waals surface area (Å²) in [6.45, 7) is -0.520. The number of para-hydroxylation sites is 1. The molecule has 1 fully saturated rings. The zero-order chi connectivity index (χ0) is 15.4. The molecule has 1 heterocycles. The lowest BCUT2D eigenvalue weighted by Crippen LogP contribution is -2.60. The lowest BCUT2D eigenvalue weighted by Gasteiger charge is -2.40. The maximum absolute atomic E-state index is 9.90. The number of thiocarbonyl (C=S) groups is 1. The molecule has 7 nitrogen and oxygen atoms in total. The molecule has 2 rings (SSSR count). The van der Waals surface area contributed by atoms with Crippen molar-refractivity contribution >= 4 is 23.4 Å². The number of hydrogen-bond acceptors (Lipinski definition) is 7. The van der Waals surface area contributed by atoms with E-state index in [0.29, 0.717) is 5.69 Å². The van der Waals surface area contributed by atoms with E-state index in [4.69, 9.17) is 26.9 Å². The van der Waals surface area contributed by atoms with Crippen LogP contribution in [0.15, 0.2) is 30.3 Å². The predicted octanol–water partition coefficient (Wildman–Crippen LogP) is -0.818. The van der Waals surface area contributed by atoms with Gasteiger partial charge in [-0.25, -0.2) is 9.90 Å². The van der Waals surface area contributed by atoms with Crippen molar-refractivity contribution in [2.75, 3.05) is 11.7 Å². The van der Waals surface area contributed by atoms with E-state index in [1.165, 1.54) is 10.6 Å². The van der Waals surface area contributed by atoms with Crippen molar-refractivity contribution in [1.82, 2.24) is 0 Å². The van der Waals surface area contributed by atoms with Crippen LogP contribution in [0, 0.1) is 0 Å². The Morgan fingerprint density at radius 1 is 1.14 bits per heavy atom. The molecule has 1 aromatic rings. The molecule has 8 heteroatoms. The smallest absolute Gasteiger partial charge is 0.213 e. The molecule has 5 atom stereocenters. The van der Waals surface area contributed by atoms with Crippen molar-refractivity contribution in [3.63, 3.8) is 0 Å². The van der Waals surface area contributed by atoms with Crippen LogP contribution >= 0.6 is 12.2 Å². The molecular weight excluding hydrogens is 298 g/mol. The Morgan fingerprint density at radius 3 is 2.38 bits per heavy atom. The fourth-order valence-corrected chi connectivity index (χ4v) is 2.16. The average molecular weight is 315 g/mol. The first-order valence-corrected chi connectivity index (χ1v) is 6.82. The molecule has 1 unspecified atom stereocenters. The summed E-state index contributed by atoms with van der Waals surface area (Å²) >= 11 is 4.85. The Bertz CT molecular complexity index is 459. The van der Waals surface area contributed by atoms with E-state index in [9.17, 15) is 15.3 Å². The van der Waals surface area contributed by atoms with Crippen LogP contribution in [-0.2, 0) is 9.57 Å².